The van der Waals surface area contributed by atoms with Crippen LogP contribution in [-0.4, -0.2) is 27.2 Å². The van der Waals surface area contributed by atoms with Gasteiger partial charge in [0.2, 0.25) is 0 Å². The fourth-order valence-electron chi connectivity index (χ4n) is 4.32. The smallest absolute Gasteiger partial charge is 0.161 e. The van der Waals surface area contributed by atoms with Gasteiger partial charge in [-0.2, -0.15) is 0 Å². The van der Waals surface area contributed by atoms with Crippen molar-refractivity contribution in [1.29, 1.82) is 0 Å². The number of pyridine rings is 2. The number of hydrogen-bond donors (Lipinski definition) is 2. The summed E-state index contributed by atoms with van der Waals surface area (Å²) in [6.07, 6.45) is 5.27. The molecule has 0 bridgehead atoms. The SMILES string of the molecule is CNc1cnccc1-c1cc(Oc2ccc(Nc3nnc(-c4ccccc4)c4ccccc34)cc2)ccn1. The average molecular weight is 497 g/mol. The van der Waals surface area contributed by atoms with Gasteiger partial charge in [-0.05, 0) is 36.4 Å². The molecule has 0 saturated heterocycles. The standard InChI is InChI=1S/C31H24N6O/c1-32-29-20-33-17-16-27(29)28-19-24(15-18-34-28)38-23-13-11-22(12-14-23)35-31-26-10-6-5-9-25(26)30(36-37-31)21-7-3-2-4-8-21/h2-20,32H,1H3,(H,35,37). The Morgan fingerprint density at radius 2 is 1.50 bits per heavy atom. The number of benzene rings is 3. The Labute approximate surface area is 220 Å². The first kappa shape index (κ1) is 23.1. The van der Waals surface area contributed by atoms with Crippen molar-refractivity contribution in [3.63, 3.8) is 0 Å². The molecule has 0 aliphatic carbocycles. The van der Waals surface area contributed by atoms with Crippen molar-refractivity contribution < 1.29 is 4.74 Å². The Balaban J connectivity index is 1.22. The van der Waals surface area contributed by atoms with E-state index in [-0.39, 0.29) is 0 Å². The predicted molar refractivity (Wildman–Crippen MR) is 152 cm³/mol. The third kappa shape index (κ3) is 4.73. The van der Waals surface area contributed by atoms with Gasteiger partial charge >= 0.3 is 0 Å². The Morgan fingerprint density at radius 3 is 2.32 bits per heavy atom. The minimum absolute atomic E-state index is 0.697. The van der Waals surface area contributed by atoms with Crippen molar-refractivity contribution in [2.45, 2.75) is 0 Å². The lowest BCUT2D eigenvalue weighted by atomic mass is 10.0. The summed E-state index contributed by atoms with van der Waals surface area (Å²) in [7, 11) is 1.86. The molecular weight excluding hydrogens is 472 g/mol. The van der Waals surface area contributed by atoms with Gasteiger partial charge in [0.15, 0.2) is 5.82 Å². The molecule has 2 N–H and O–H groups in total. The van der Waals surface area contributed by atoms with Crippen molar-refractivity contribution in [2.75, 3.05) is 17.7 Å². The minimum atomic E-state index is 0.697. The molecule has 0 aliphatic heterocycles. The Kier molecular flexibility index (Phi) is 6.30. The second kappa shape index (κ2) is 10.4. The van der Waals surface area contributed by atoms with Crippen molar-refractivity contribution in [1.82, 2.24) is 20.2 Å². The van der Waals surface area contributed by atoms with E-state index >= 15 is 0 Å². The molecule has 7 heteroatoms. The van der Waals surface area contributed by atoms with Crippen LogP contribution in [-0.2, 0) is 0 Å². The Bertz CT molecular complexity index is 1700. The maximum Gasteiger partial charge on any atom is 0.161 e. The number of hydrogen-bond acceptors (Lipinski definition) is 7. The topological polar surface area (TPSA) is 84.9 Å². The van der Waals surface area contributed by atoms with Gasteiger partial charge in [0, 0.05) is 53.1 Å². The third-order valence-electron chi connectivity index (χ3n) is 6.19. The number of rotatable bonds is 7. The Hall–Kier alpha value is -5.30. The molecule has 0 fully saturated rings. The molecule has 6 aromatic rings. The fraction of sp³-hybridized carbons (Fsp3) is 0.0323. The minimum Gasteiger partial charge on any atom is -0.457 e. The van der Waals surface area contributed by atoms with Gasteiger partial charge in [0.25, 0.3) is 0 Å². The molecule has 6 rings (SSSR count). The maximum absolute atomic E-state index is 6.12. The first-order chi connectivity index (χ1) is 18.8. The van der Waals surface area contributed by atoms with Crippen LogP contribution in [0.2, 0.25) is 0 Å². The number of nitrogens with zero attached hydrogens (tertiary/aromatic N) is 4. The van der Waals surface area contributed by atoms with Crippen LogP contribution in [0.25, 0.3) is 33.3 Å². The highest BCUT2D eigenvalue weighted by atomic mass is 16.5. The molecule has 3 aromatic carbocycles. The summed E-state index contributed by atoms with van der Waals surface area (Å²) < 4.78 is 6.12. The summed E-state index contributed by atoms with van der Waals surface area (Å²) in [5, 5.41) is 17.7. The van der Waals surface area contributed by atoms with Crippen LogP contribution in [0.3, 0.4) is 0 Å². The van der Waals surface area contributed by atoms with Crippen LogP contribution >= 0.6 is 0 Å². The molecule has 3 heterocycles. The van der Waals surface area contributed by atoms with E-state index in [4.69, 9.17) is 4.74 Å². The number of fused-ring (bicyclic) bond motifs is 1. The maximum atomic E-state index is 6.12. The van der Waals surface area contributed by atoms with Gasteiger partial charge in [-0.3, -0.25) is 9.97 Å². The van der Waals surface area contributed by atoms with Gasteiger partial charge in [0.1, 0.15) is 17.2 Å². The number of aromatic nitrogens is 4. The molecule has 0 atom stereocenters. The van der Waals surface area contributed by atoms with Gasteiger partial charge < -0.3 is 15.4 Å². The summed E-state index contributed by atoms with van der Waals surface area (Å²) in [4.78, 5) is 8.67. The van der Waals surface area contributed by atoms with E-state index in [2.05, 4.69) is 42.9 Å². The molecule has 38 heavy (non-hydrogen) atoms. The van der Waals surface area contributed by atoms with Crippen LogP contribution in [0, 0.1) is 0 Å². The zero-order valence-corrected chi connectivity index (χ0v) is 20.7. The molecule has 0 radical (unpaired) electrons. The van der Waals surface area contributed by atoms with Gasteiger partial charge in [-0.25, -0.2) is 0 Å². The summed E-state index contributed by atoms with van der Waals surface area (Å²) in [5.41, 5.74) is 5.45. The van der Waals surface area contributed by atoms with E-state index in [1.54, 1.807) is 18.6 Å². The monoisotopic (exact) mass is 496 g/mol. The molecule has 0 spiro atoms. The normalized spacial score (nSPS) is 10.8. The molecule has 0 saturated carbocycles. The van der Waals surface area contributed by atoms with E-state index in [0.717, 1.165) is 44.7 Å². The Morgan fingerprint density at radius 1 is 0.711 bits per heavy atom. The molecule has 0 unspecified atom stereocenters. The molecule has 7 nitrogen and oxygen atoms in total. The van der Waals surface area contributed by atoms with Crippen molar-refractivity contribution in [3.8, 4) is 34.0 Å². The van der Waals surface area contributed by atoms with E-state index in [1.807, 2.05) is 92.0 Å². The number of nitrogens with one attached hydrogen (secondary N) is 2. The molecule has 0 aliphatic rings. The lowest BCUT2D eigenvalue weighted by Crippen LogP contribution is -1.99. The fourth-order valence-corrected chi connectivity index (χ4v) is 4.32. The van der Waals surface area contributed by atoms with E-state index < -0.39 is 0 Å². The lowest BCUT2D eigenvalue weighted by molar-refractivity contribution is 0.482. The zero-order valence-electron chi connectivity index (χ0n) is 20.7. The summed E-state index contributed by atoms with van der Waals surface area (Å²) in [6, 6.07) is 31.7. The third-order valence-corrected chi connectivity index (χ3v) is 6.19. The summed E-state index contributed by atoms with van der Waals surface area (Å²) in [5.74, 6) is 2.11. The summed E-state index contributed by atoms with van der Waals surface area (Å²) >= 11 is 0. The summed E-state index contributed by atoms with van der Waals surface area (Å²) in [6.45, 7) is 0. The molecule has 184 valence electrons. The lowest BCUT2D eigenvalue weighted by Gasteiger charge is -2.12. The van der Waals surface area contributed by atoms with Crippen LogP contribution in [0.1, 0.15) is 0 Å². The first-order valence-corrected chi connectivity index (χ1v) is 12.2. The van der Waals surface area contributed by atoms with Crippen molar-refractivity contribution in [3.05, 3.63) is 116 Å². The van der Waals surface area contributed by atoms with Crippen LogP contribution < -0.4 is 15.4 Å². The van der Waals surface area contributed by atoms with Crippen LogP contribution in [0.15, 0.2) is 116 Å². The van der Waals surface area contributed by atoms with Crippen LogP contribution in [0.4, 0.5) is 17.2 Å². The second-order valence-corrected chi connectivity index (χ2v) is 8.61. The quantitative estimate of drug-likeness (QED) is 0.239. The van der Waals surface area contributed by atoms with E-state index in [1.165, 1.54) is 0 Å². The first-order valence-electron chi connectivity index (χ1n) is 12.2. The zero-order chi connectivity index (χ0) is 25.7. The van der Waals surface area contributed by atoms with Gasteiger partial charge in [0.05, 0.1) is 17.6 Å². The van der Waals surface area contributed by atoms with E-state index in [9.17, 15) is 0 Å². The van der Waals surface area contributed by atoms with E-state index in [0.29, 0.717) is 17.3 Å². The highest BCUT2D eigenvalue weighted by Crippen LogP contribution is 2.32. The predicted octanol–water partition coefficient (Wildman–Crippen LogP) is 7.33. The molecule has 0 amide bonds. The highest BCUT2D eigenvalue weighted by Gasteiger charge is 2.11. The molecule has 3 aromatic heterocycles. The van der Waals surface area contributed by atoms with Gasteiger partial charge in [-0.15, -0.1) is 10.2 Å². The average Bonchev–Trinajstić information content (AvgIpc) is 2.99. The van der Waals surface area contributed by atoms with Crippen LogP contribution in [0.5, 0.6) is 11.5 Å². The number of ether oxygens (including phenoxy) is 1. The second-order valence-electron chi connectivity index (χ2n) is 8.61. The largest absolute Gasteiger partial charge is 0.457 e. The van der Waals surface area contributed by atoms with Crippen molar-refractivity contribution in [2.24, 2.45) is 0 Å². The molecular formula is C31H24N6O. The van der Waals surface area contributed by atoms with Gasteiger partial charge in [-0.1, -0.05) is 54.6 Å². The highest BCUT2D eigenvalue weighted by molar-refractivity contribution is 6.00. The van der Waals surface area contributed by atoms with Crippen molar-refractivity contribution >= 4 is 28.0 Å². The number of anilines is 3.